The van der Waals surface area contributed by atoms with Crippen LogP contribution < -0.4 is 4.90 Å². The number of anilines is 1. The van der Waals surface area contributed by atoms with Crippen LogP contribution >= 0.6 is 11.3 Å². The molecule has 0 fully saturated rings. The zero-order chi connectivity index (χ0) is 16.8. The van der Waals surface area contributed by atoms with Crippen molar-refractivity contribution in [2.75, 3.05) is 11.9 Å². The van der Waals surface area contributed by atoms with Crippen molar-refractivity contribution in [2.24, 2.45) is 0 Å². The lowest BCUT2D eigenvalue weighted by atomic mass is 9.91. The van der Waals surface area contributed by atoms with Crippen LogP contribution in [0.2, 0.25) is 0 Å². The molecule has 0 N–H and O–H groups in total. The summed E-state index contributed by atoms with van der Waals surface area (Å²) in [5.74, 6) is 0.498. The van der Waals surface area contributed by atoms with E-state index in [4.69, 9.17) is 4.98 Å². The third-order valence-corrected chi connectivity index (χ3v) is 6.40. The highest BCUT2D eigenvalue weighted by Crippen LogP contribution is 2.39. The molecule has 2 nitrogen and oxygen atoms in total. The summed E-state index contributed by atoms with van der Waals surface area (Å²) in [6.45, 7) is 6.61. The second-order valence-electron chi connectivity index (χ2n) is 7.23. The molecule has 0 saturated carbocycles. The Morgan fingerprint density at radius 2 is 2.00 bits per heavy atom. The monoisotopic (exact) mass is 336 g/mol. The van der Waals surface area contributed by atoms with Gasteiger partial charge in [-0.2, -0.15) is 0 Å². The zero-order valence-electron chi connectivity index (χ0n) is 14.8. The van der Waals surface area contributed by atoms with Crippen LogP contribution in [0.5, 0.6) is 0 Å². The molecule has 2 aromatic carbocycles. The first-order valence-corrected chi connectivity index (χ1v) is 9.57. The topological polar surface area (TPSA) is 16.1 Å². The number of hydrogen-bond donors (Lipinski definition) is 0. The Morgan fingerprint density at radius 3 is 2.79 bits per heavy atom. The first-order valence-electron chi connectivity index (χ1n) is 8.75. The van der Waals surface area contributed by atoms with E-state index in [1.54, 1.807) is 0 Å². The molecule has 1 aliphatic heterocycles. The lowest BCUT2D eigenvalue weighted by molar-refractivity contribution is 0.584. The van der Waals surface area contributed by atoms with Gasteiger partial charge in [-0.05, 0) is 49.1 Å². The van der Waals surface area contributed by atoms with Gasteiger partial charge in [0.2, 0.25) is 0 Å². The summed E-state index contributed by atoms with van der Waals surface area (Å²) in [7, 11) is 2.23. The molecule has 3 aromatic rings. The van der Waals surface area contributed by atoms with E-state index in [-0.39, 0.29) is 0 Å². The first kappa shape index (κ1) is 15.6. The predicted octanol–water partition coefficient (Wildman–Crippen LogP) is 5.85. The lowest BCUT2D eigenvalue weighted by Gasteiger charge is -2.36. The van der Waals surface area contributed by atoms with Crippen LogP contribution in [0.3, 0.4) is 0 Å². The number of thiazole rings is 1. The van der Waals surface area contributed by atoms with Gasteiger partial charge in [0.25, 0.3) is 0 Å². The molecule has 3 heteroatoms. The van der Waals surface area contributed by atoms with Crippen LogP contribution in [0.25, 0.3) is 10.2 Å². The van der Waals surface area contributed by atoms with Gasteiger partial charge in [0.05, 0.1) is 21.3 Å². The number of benzene rings is 2. The molecule has 1 aromatic heterocycles. The van der Waals surface area contributed by atoms with E-state index in [2.05, 4.69) is 69.1 Å². The Balaban J connectivity index is 1.71. The van der Waals surface area contributed by atoms with Crippen molar-refractivity contribution in [3.8, 4) is 0 Å². The van der Waals surface area contributed by atoms with Crippen molar-refractivity contribution in [2.45, 2.75) is 45.6 Å². The fourth-order valence-corrected chi connectivity index (χ4v) is 4.73. The molecule has 24 heavy (non-hydrogen) atoms. The largest absolute Gasteiger partial charge is 0.367 e. The molecule has 4 rings (SSSR count). The number of nitrogens with zero attached hydrogens (tertiary/aromatic N) is 2. The predicted molar refractivity (Wildman–Crippen MR) is 104 cm³/mol. The van der Waals surface area contributed by atoms with Gasteiger partial charge in [0, 0.05) is 18.7 Å². The van der Waals surface area contributed by atoms with Gasteiger partial charge in [-0.3, -0.25) is 0 Å². The third kappa shape index (κ3) is 2.61. The minimum absolute atomic E-state index is 0.453. The molecule has 1 aliphatic rings. The Hall–Kier alpha value is -1.87. The minimum Gasteiger partial charge on any atom is -0.367 e. The fourth-order valence-electron chi connectivity index (χ4n) is 3.72. The van der Waals surface area contributed by atoms with Crippen molar-refractivity contribution in [3.63, 3.8) is 0 Å². The summed E-state index contributed by atoms with van der Waals surface area (Å²) >= 11 is 1.84. The molecule has 0 bridgehead atoms. The molecule has 0 saturated heterocycles. The van der Waals surface area contributed by atoms with Crippen molar-refractivity contribution in [3.05, 3.63) is 58.1 Å². The zero-order valence-corrected chi connectivity index (χ0v) is 15.7. The van der Waals surface area contributed by atoms with Crippen LogP contribution in [0.4, 0.5) is 5.69 Å². The Morgan fingerprint density at radius 1 is 1.17 bits per heavy atom. The number of aromatic nitrogens is 1. The quantitative estimate of drug-likeness (QED) is 0.583. The maximum atomic E-state index is 4.77. The summed E-state index contributed by atoms with van der Waals surface area (Å²) in [6, 6.07) is 14.1. The molecule has 0 radical (unpaired) electrons. The molecule has 0 amide bonds. The Labute approximate surface area is 148 Å². The van der Waals surface area contributed by atoms with Gasteiger partial charge < -0.3 is 4.90 Å². The minimum atomic E-state index is 0.453. The Bertz CT molecular complexity index is 894. The van der Waals surface area contributed by atoms with E-state index in [9.17, 15) is 0 Å². The highest BCUT2D eigenvalue weighted by Gasteiger charge is 2.25. The average Bonchev–Trinajstić information content (AvgIpc) is 2.98. The third-order valence-electron chi connectivity index (χ3n) is 5.08. The lowest BCUT2D eigenvalue weighted by Crippen LogP contribution is -2.29. The van der Waals surface area contributed by atoms with Gasteiger partial charge in [0.1, 0.15) is 0 Å². The second kappa shape index (κ2) is 5.89. The van der Waals surface area contributed by atoms with E-state index >= 15 is 0 Å². The molecule has 1 atom stereocenters. The van der Waals surface area contributed by atoms with E-state index in [1.807, 2.05) is 11.3 Å². The SMILES string of the molecule is Cc1ccc2c(c1)CCC(c1ccc3nc(C(C)C)sc3c1)N2C. The van der Waals surface area contributed by atoms with Crippen LogP contribution in [-0.2, 0) is 6.42 Å². The molecular weight excluding hydrogens is 312 g/mol. The summed E-state index contributed by atoms with van der Waals surface area (Å²) in [4.78, 5) is 7.22. The standard InChI is InChI=1S/C21H24N2S/c1-13(2)21-22-17-8-6-16(12-20(17)24-21)19-10-7-15-11-14(3)5-9-18(15)23(19)4/h5-6,8-9,11-13,19H,7,10H2,1-4H3. The number of fused-ring (bicyclic) bond motifs is 2. The molecular formula is C21H24N2S. The maximum Gasteiger partial charge on any atom is 0.0963 e. The molecule has 0 spiro atoms. The van der Waals surface area contributed by atoms with Crippen molar-refractivity contribution in [1.82, 2.24) is 4.98 Å². The van der Waals surface area contributed by atoms with Gasteiger partial charge in [-0.25, -0.2) is 4.98 Å². The highest BCUT2D eigenvalue weighted by atomic mass is 32.1. The van der Waals surface area contributed by atoms with E-state index in [1.165, 1.54) is 38.5 Å². The van der Waals surface area contributed by atoms with E-state index in [0.29, 0.717) is 12.0 Å². The highest BCUT2D eigenvalue weighted by molar-refractivity contribution is 7.18. The summed E-state index contributed by atoms with van der Waals surface area (Å²) in [5, 5.41) is 1.24. The Kier molecular flexibility index (Phi) is 3.84. The van der Waals surface area contributed by atoms with Gasteiger partial charge >= 0.3 is 0 Å². The van der Waals surface area contributed by atoms with Crippen LogP contribution in [0.1, 0.15) is 53.9 Å². The van der Waals surface area contributed by atoms with Crippen LogP contribution in [0.15, 0.2) is 36.4 Å². The van der Waals surface area contributed by atoms with Gasteiger partial charge in [-0.15, -0.1) is 11.3 Å². The summed E-state index contributed by atoms with van der Waals surface area (Å²) in [6.07, 6.45) is 2.33. The van der Waals surface area contributed by atoms with Crippen LogP contribution in [-0.4, -0.2) is 12.0 Å². The molecule has 0 aliphatic carbocycles. The normalized spacial score (nSPS) is 17.5. The molecule has 124 valence electrons. The van der Waals surface area contributed by atoms with Gasteiger partial charge in [-0.1, -0.05) is 37.6 Å². The maximum absolute atomic E-state index is 4.77. The smallest absolute Gasteiger partial charge is 0.0963 e. The molecule has 2 heterocycles. The van der Waals surface area contributed by atoms with E-state index in [0.717, 1.165) is 11.9 Å². The second-order valence-corrected chi connectivity index (χ2v) is 8.29. The first-order chi connectivity index (χ1) is 11.5. The van der Waals surface area contributed by atoms with E-state index < -0.39 is 0 Å². The molecule has 1 unspecified atom stereocenters. The fraction of sp³-hybridized carbons (Fsp3) is 0.381. The van der Waals surface area contributed by atoms with Crippen molar-refractivity contribution in [1.29, 1.82) is 0 Å². The van der Waals surface area contributed by atoms with Gasteiger partial charge in [0.15, 0.2) is 0 Å². The van der Waals surface area contributed by atoms with Crippen LogP contribution in [0, 0.1) is 6.92 Å². The number of hydrogen-bond acceptors (Lipinski definition) is 3. The average molecular weight is 337 g/mol. The van der Waals surface area contributed by atoms with Crippen molar-refractivity contribution < 1.29 is 0 Å². The summed E-state index contributed by atoms with van der Waals surface area (Å²) in [5.41, 5.74) is 6.77. The van der Waals surface area contributed by atoms with Crippen molar-refractivity contribution >= 4 is 27.2 Å². The number of rotatable bonds is 2. The number of aryl methyl sites for hydroxylation is 2. The summed E-state index contributed by atoms with van der Waals surface area (Å²) < 4.78 is 1.32.